The number of benzene rings is 3. The van der Waals surface area contributed by atoms with E-state index in [-0.39, 0.29) is 30.9 Å². The molecule has 2 atom stereocenters. The molecule has 5 rings (SSSR count). The molecule has 0 bridgehead atoms. The number of ether oxygens (including phenoxy) is 1. The maximum absolute atomic E-state index is 13.6. The second-order valence-corrected chi connectivity index (χ2v) is 11.1. The van der Waals surface area contributed by atoms with Crippen LogP contribution in [-0.2, 0) is 38.5 Å². The molecule has 3 aromatic carbocycles. The molecule has 40 heavy (non-hydrogen) atoms. The minimum atomic E-state index is -0.871. The number of carbonyl (C=O) groups is 3. The number of rotatable bonds is 8. The molecule has 206 valence electrons. The summed E-state index contributed by atoms with van der Waals surface area (Å²) in [6.45, 7) is 5.96. The number of nitrogens with one attached hydrogen (secondary N) is 1. The van der Waals surface area contributed by atoms with E-state index in [0.717, 1.165) is 27.8 Å². The van der Waals surface area contributed by atoms with Crippen LogP contribution in [0.5, 0.6) is 0 Å². The van der Waals surface area contributed by atoms with Crippen molar-refractivity contribution in [1.29, 1.82) is 0 Å². The Bertz CT molecular complexity index is 1470. The summed E-state index contributed by atoms with van der Waals surface area (Å²) in [6.07, 6.45) is 0.822. The van der Waals surface area contributed by atoms with Crippen LogP contribution in [-0.4, -0.2) is 40.4 Å². The Hall–Kier alpha value is -4.46. The van der Waals surface area contributed by atoms with Crippen LogP contribution in [0.15, 0.2) is 77.9 Å². The molecule has 1 aliphatic carbocycles. The summed E-state index contributed by atoms with van der Waals surface area (Å²) in [5, 5.41) is 18.6. The molecule has 8 nitrogen and oxygen atoms in total. The van der Waals surface area contributed by atoms with E-state index in [9.17, 15) is 19.5 Å². The lowest BCUT2D eigenvalue weighted by atomic mass is 9.86. The lowest BCUT2D eigenvalue weighted by Gasteiger charge is -2.25. The monoisotopic (exact) mass is 539 g/mol. The largest absolute Gasteiger partial charge is 0.481 e. The number of amides is 2. The highest BCUT2D eigenvalue weighted by Crippen LogP contribution is 2.41. The van der Waals surface area contributed by atoms with Gasteiger partial charge in [-0.2, -0.15) is 0 Å². The van der Waals surface area contributed by atoms with Crippen molar-refractivity contribution in [3.05, 3.63) is 101 Å². The molecule has 0 radical (unpaired) electrons. The summed E-state index contributed by atoms with van der Waals surface area (Å²) in [6, 6.07) is 22.8. The molecular formula is C32H33N3O5. The molecule has 8 heteroatoms. The van der Waals surface area contributed by atoms with Crippen molar-refractivity contribution in [1.82, 2.24) is 5.01 Å². The van der Waals surface area contributed by atoms with Crippen molar-refractivity contribution >= 4 is 29.4 Å². The SMILES string of the molecule is CC(C)C(C(=O)Nc1cccc2c1CC(C)(C(=O)O)C2)c1ccc(CN2N=C(c3ccccc3)OCC2=O)cc1. The van der Waals surface area contributed by atoms with Gasteiger partial charge in [0.25, 0.3) is 5.91 Å². The fourth-order valence-corrected chi connectivity index (χ4v) is 5.45. The lowest BCUT2D eigenvalue weighted by Crippen LogP contribution is -2.36. The van der Waals surface area contributed by atoms with Gasteiger partial charge in [0.05, 0.1) is 17.9 Å². The molecule has 1 aliphatic heterocycles. The molecule has 0 saturated carbocycles. The summed E-state index contributed by atoms with van der Waals surface area (Å²) in [7, 11) is 0. The standard InChI is InChI=1S/C32H33N3O5/c1-20(2)28(29(37)33-26-11-7-10-24-16-32(3,31(38)39)17-25(24)26)22-14-12-21(13-15-22)18-35-27(36)19-40-30(34-35)23-8-5-4-6-9-23/h4-15,20,28H,16-19H2,1-3H3,(H,33,37)(H,38,39). The molecular weight excluding hydrogens is 506 g/mol. The van der Waals surface area contributed by atoms with Crippen molar-refractivity contribution in [2.45, 2.75) is 46.1 Å². The zero-order valence-electron chi connectivity index (χ0n) is 22.9. The van der Waals surface area contributed by atoms with Crippen LogP contribution >= 0.6 is 0 Å². The topological polar surface area (TPSA) is 108 Å². The van der Waals surface area contributed by atoms with E-state index >= 15 is 0 Å². The minimum absolute atomic E-state index is 0.0192. The number of carboxylic acids is 1. The average Bonchev–Trinajstić information content (AvgIpc) is 3.30. The van der Waals surface area contributed by atoms with E-state index in [0.29, 0.717) is 24.4 Å². The number of carboxylic acid groups (broad SMARTS) is 1. The number of nitrogens with zero attached hydrogens (tertiary/aromatic N) is 2. The summed E-state index contributed by atoms with van der Waals surface area (Å²) < 4.78 is 5.53. The molecule has 2 aliphatic rings. The van der Waals surface area contributed by atoms with Gasteiger partial charge in [0, 0.05) is 11.3 Å². The lowest BCUT2D eigenvalue weighted by molar-refractivity contribution is -0.147. The second kappa shape index (κ2) is 11.0. The van der Waals surface area contributed by atoms with E-state index in [2.05, 4.69) is 10.4 Å². The highest BCUT2D eigenvalue weighted by atomic mass is 16.5. The van der Waals surface area contributed by atoms with Gasteiger partial charge >= 0.3 is 5.97 Å². The van der Waals surface area contributed by atoms with E-state index < -0.39 is 17.3 Å². The Morgan fingerprint density at radius 2 is 1.75 bits per heavy atom. The summed E-state index contributed by atoms with van der Waals surface area (Å²) in [5.74, 6) is -1.18. The Balaban J connectivity index is 1.31. The van der Waals surface area contributed by atoms with Crippen molar-refractivity contribution in [2.24, 2.45) is 16.4 Å². The fourth-order valence-electron chi connectivity index (χ4n) is 5.45. The van der Waals surface area contributed by atoms with Crippen LogP contribution in [0.3, 0.4) is 0 Å². The number of fused-ring (bicyclic) bond motifs is 1. The highest BCUT2D eigenvalue weighted by Gasteiger charge is 2.41. The zero-order chi connectivity index (χ0) is 28.4. The van der Waals surface area contributed by atoms with E-state index in [1.165, 1.54) is 5.01 Å². The van der Waals surface area contributed by atoms with Crippen molar-refractivity contribution < 1.29 is 24.2 Å². The first-order valence-electron chi connectivity index (χ1n) is 13.5. The van der Waals surface area contributed by atoms with Crippen LogP contribution in [0.4, 0.5) is 5.69 Å². The van der Waals surface area contributed by atoms with Gasteiger partial charge in [-0.15, -0.1) is 5.10 Å². The van der Waals surface area contributed by atoms with Crippen molar-refractivity contribution in [3.8, 4) is 0 Å². The van der Waals surface area contributed by atoms with Crippen molar-refractivity contribution in [3.63, 3.8) is 0 Å². The van der Waals surface area contributed by atoms with Crippen LogP contribution in [0.1, 0.15) is 54.5 Å². The molecule has 0 fully saturated rings. The third-order valence-electron chi connectivity index (χ3n) is 7.67. The third kappa shape index (κ3) is 5.47. The maximum atomic E-state index is 13.6. The Kier molecular flexibility index (Phi) is 7.43. The Morgan fingerprint density at radius 1 is 1.02 bits per heavy atom. The molecule has 2 N–H and O–H groups in total. The van der Waals surface area contributed by atoms with Gasteiger partial charge in [0.2, 0.25) is 11.8 Å². The number of carbonyl (C=O) groups excluding carboxylic acids is 2. The first kappa shape index (κ1) is 27.1. The average molecular weight is 540 g/mol. The molecule has 1 heterocycles. The van der Waals surface area contributed by atoms with Gasteiger partial charge in [0.15, 0.2) is 6.61 Å². The molecule has 0 aromatic heterocycles. The van der Waals surface area contributed by atoms with Gasteiger partial charge in [-0.25, -0.2) is 5.01 Å². The molecule has 0 saturated heterocycles. The maximum Gasteiger partial charge on any atom is 0.310 e. The summed E-state index contributed by atoms with van der Waals surface area (Å²) in [4.78, 5) is 37.9. The Labute approximate surface area is 233 Å². The van der Waals surface area contributed by atoms with Crippen molar-refractivity contribution in [2.75, 3.05) is 11.9 Å². The van der Waals surface area contributed by atoms with Gasteiger partial charge in [-0.3, -0.25) is 14.4 Å². The fraction of sp³-hybridized carbons (Fsp3) is 0.312. The molecule has 2 unspecified atom stereocenters. The zero-order valence-corrected chi connectivity index (χ0v) is 22.9. The number of aliphatic carboxylic acids is 1. The van der Waals surface area contributed by atoms with E-state index in [4.69, 9.17) is 4.74 Å². The minimum Gasteiger partial charge on any atom is -0.481 e. The number of anilines is 1. The third-order valence-corrected chi connectivity index (χ3v) is 7.67. The molecule has 3 aromatic rings. The van der Waals surface area contributed by atoms with Crippen LogP contribution in [0, 0.1) is 11.3 Å². The predicted molar refractivity (Wildman–Crippen MR) is 152 cm³/mol. The molecule has 2 amide bonds. The Morgan fingerprint density at radius 3 is 2.42 bits per heavy atom. The summed E-state index contributed by atoms with van der Waals surface area (Å²) >= 11 is 0. The van der Waals surface area contributed by atoms with Gasteiger partial charge in [-0.1, -0.05) is 68.4 Å². The highest BCUT2D eigenvalue weighted by molar-refractivity contribution is 5.98. The van der Waals surface area contributed by atoms with Crippen LogP contribution in [0.2, 0.25) is 0 Å². The first-order chi connectivity index (χ1) is 19.1. The second-order valence-electron chi connectivity index (χ2n) is 11.1. The smallest absolute Gasteiger partial charge is 0.310 e. The first-order valence-corrected chi connectivity index (χ1v) is 13.5. The quantitative estimate of drug-likeness (QED) is 0.420. The van der Waals surface area contributed by atoms with Gasteiger partial charge < -0.3 is 15.2 Å². The van der Waals surface area contributed by atoms with Crippen LogP contribution in [0.25, 0.3) is 0 Å². The van der Waals surface area contributed by atoms with E-state index in [1.807, 2.05) is 86.6 Å². The number of hydrogen-bond donors (Lipinski definition) is 2. The predicted octanol–water partition coefficient (Wildman–Crippen LogP) is 4.98. The van der Waals surface area contributed by atoms with Crippen LogP contribution < -0.4 is 5.32 Å². The van der Waals surface area contributed by atoms with E-state index in [1.54, 1.807) is 6.92 Å². The number of hydrazone groups is 1. The van der Waals surface area contributed by atoms with Gasteiger partial charge in [0.1, 0.15) is 0 Å². The van der Waals surface area contributed by atoms with Gasteiger partial charge in [-0.05, 0) is 66.1 Å². The summed E-state index contributed by atoms with van der Waals surface area (Å²) in [5.41, 5.74) is 4.20. The molecule has 0 spiro atoms. The number of hydrogen-bond acceptors (Lipinski definition) is 5. The normalized spacial score (nSPS) is 19.1.